The maximum Gasteiger partial charge on any atom is 0.315 e. The molecule has 0 bridgehead atoms. The number of nitrogens with one attached hydrogen (secondary N) is 2. The van der Waals surface area contributed by atoms with E-state index in [1.54, 1.807) is 0 Å². The zero-order chi connectivity index (χ0) is 16.1. The molecule has 1 unspecified atom stereocenters. The molecular weight excluding hydrogens is 296 g/mol. The summed E-state index contributed by atoms with van der Waals surface area (Å²) >= 11 is 0. The van der Waals surface area contributed by atoms with Crippen LogP contribution in [0.15, 0.2) is 0 Å². The van der Waals surface area contributed by atoms with Crippen molar-refractivity contribution < 1.29 is 23.1 Å². The molecule has 1 rings (SSSR count). The summed E-state index contributed by atoms with van der Waals surface area (Å²) in [6.45, 7) is 4.34. The largest absolute Gasteiger partial charge is 0.481 e. The van der Waals surface area contributed by atoms with Crippen molar-refractivity contribution in [2.24, 2.45) is 5.41 Å². The van der Waals surface area contributed by atoms with Crippen LogP contribution in [-0.4, -0.2) is 49.6 Å². The Bertz CT molecular complexity index is 487. The first-order chi connectivity index (χ1) is 9.60. The van der Waals surface area contributed by atoms with E-state index < -0.39 is 15.8 Å². The minimum atomic E-state index is -3.00. The fourth-order valence-electron chi connectivity index (χ4n) is 2.23. The summed E-state index contributed by atoms with van der Waals surface area (Å²) in [7, 11) is -3.00. The fraction of sp³-hybridized carbons (Fsp3) is 0.846. The number of amides is 2. The van der Waals surface area contributed by atoms with Crippen molar-refractivity contribution in [2.45, 2.75) is 45.6 Å². The molecule has 2 amide bonds. The lowest BCUT2D eigenvalue weighted by atomic mass is 9.84. The van der Waals surface area contributed by atoms with Crippen molar-refractivity contribution in [1.29, 1.82) is 0 Å². The van der Waals surface area contributed by atoms with E-state index in [9.17, 15) is 18.0 Å². The van der Waals surface area contributed by atoms with E-state index in [0.717, 1.165) is 0 Å². The van der Waals surface area contributed by atoms with E-state index in [0.29, 0.717) is 25.8 Å². The van der Waals surface area contributed by atoms with E-state index in [1.807, 2.05) is 13.8 Å². The smallest absolute Gasteiger partial charge is 0.315 e. The van der Waals surface area contributed by atoms with Gasteiger partial charge in [0.05, 0.1) is 11.5 Å². The number of sulfone groups is 1. The standard InChI is InChI=1S/C13H24N2O5S/c1-13(2,5-3-11(16)17)6-7-14-12(18)15-10-4-8-21(19,20)9-10/h10H,3-9H2,1-2H3,(H,16,17)(H2,14,15,18). The molecule has 1 saturated heterocycles. The average Bonchev–Trinajstić information content (AvgIpc) is 2.66. The summed E-state index contributed by atoms with van der Waals surface area (Å²) in [5.41, 5.74) is -0.164. The lowest BCUT2D eigenvalue weighted by Gasteiger charge is -2.24. The van der Waals surface area contributed by atoms with Crippen LogP contribution < -0.4 is 10.6 Å². The van der Waals surface area contributed by atoms with Gasteiger partial charge in [0.15, 0.2) is 9.84 Å². The maximum absolute atomic E-state index is 11.7. The predicted octanol–water partition coefficient (Wildman–Crippen LogP) is 0.754. The Morgan fingerprint density at radius 2 is 1.95 bits per heavy atom. The summed E-state index contributed by atoms with van der Waals surface area (Å²) in [6.07, 6.45) is 1.78. The molecule has 8 heteroatoms. The zero-order valence-corrected chi connectivity index (χ0v) is 13.3. The highest BCUT2D eigenvalue weighted by Crippen LogP contribution is 2.25. The van der Waals surface area contributed by atoms with Crippen molar-refractivity contribution >= 4 is 21.8 Å². The van der Waals surface area contributed by atoms with Gasteiger partial charge < -0.3 is 15.7 Å². The summed E-state index contributed by atoms with van der Waals surface area (Å²) in [6, 6.07) is -0.679. The van der Waals surface area contributed by atoms with Gasteiger partial charge in [-0.15, -0.1) is 0 Å². The molecule has 1 aliphatic heterocycles. The van der Waals surface area contributed by atoms with Crippen molar-refractivity contribution in [1.82, 2.24) is 10.6 Å². The van der Waals surface area contributed by atoms with E-state index in [-0.39, 0.29) is 35.4 Å². The van der Waals surface area contributed by atoms with Crippen LogP contribution in [0.2, 0.25) is 0 Å². The number of urea groups is 1. The Kier molecular flexibility index (Phi) is 6.00. The molecule has 7 nitrogen and oxygen atoms in total. The van der Waals surface area contributed by atoms with Gasteiger partial charge in [-0.1, -0.05) is 13.8 Å². The first-order valence-corrected chi connectivity index (χ1v) is 8.88. The van der Waals surface area contributed by atoms with Gasteiger partial charge in [-0.2, -0.15) is 0 Å². The number of carbonyl (C=O) groups excluding carboxylic acids is 1. The molecule has 0 saturated carbocycles. The average molecular weight is 320 g/mol. The maximum atomic E-state index is 11.7. The number of hydrogen-bond donors (Lipinski definition) is 3. The number of carboxylic acid groups (broad SMARTS) is 1. The second-order valence-electron chi connectivity index (χ2n) is 6.31. The number of hydrogen-bond acceptors (Lipinski definition) is 4. The summed E-state index contributed by atoms with van der Waals surface area (Å²) < 4.78 is 22.6. The topological polar surface area (TPSA) is 113 Å². The lowest BCUT2D eigenvalue weighted by molar-refractivity contribution is -0.137. The van der Waals surface area contributed by atoms with Crippen LogP contribution in [-0.2, 0) is 14.6 Å². The Morgan fingerprint density at radius 3 is 2.48 bits per heavy atom. The zero-order valence-electron chi connectivity index (χ0n) is 12.5. The number of aliphatic carboxylic acids is 1. The first-order valence-electron chi connectivity index (χ1n) is 7.06. The van der Waals surface area contributed by atoms with Crippen molar-refractivity contribution in [3.05, 3.63) is 0 Å². The van der Waals surface area contributed by atoms with Crippen molar-refractivity contribution in [2.75, 3.05) is 18.1 Å². The monoisotopic (exact) mass is 320 g/mol. The molecule has 0 aromatic heterocycles. The summed E-state index contributed by atoms with van der Waals surface area (Å²) in [4.78, 5) is 22.2. The van der Waals surface area contributed by atoms with E-state index in [1.165, 1.54) is 0 Å². The van der Waals surface area contributed by atoms with Crippen LogP contribution in [0.5, 0.6) is 0 Å². The fourth-order valence-corrected chi connectivity index (χ4v) is 3.90. The molecule has 3 N–H and O–H groups in total. The Morgan fingerprint density at radius 1 is 1.29 bits per heavy atom. The SMILES string of the molecule is CC(C)(CCNC(=O)NC1CCS(=O)(=O)C1)CCC(=O)O. The van der Waals surface area contributed by atoms with Gasteiger partial charge >= 0.3 is 12.0 Å². The van der Waals surface area contributed by atoms with Crippen LogP contribution in [0.1, 0.15) is 39.5 Å². The molecule has 0 spiro atoms. The third-order valence-electron chi connectivity index (χ3n) is 3.67. The molecule has 21 heavy (non-hydrogen) atoms. The van der Waals surface area contributed by atoms with Gasteiger partial charge in [0, 0.05) is 19.0 Å². The van der Waals surface area contributed by atoms with Gasteiger partial charge in [0.1, 0.15) is 0 Å². The first kappa shape index (κ1) is 17.7. The van der Waals surface area contributed by atoms with Crippen LogP contribution in [0.25, 0.3) is 0 Å². The second-order valence-corrected chi connectivity index (χ2v) is 8.54. The van der Waals surface area contributed by atoms with Crippen molar-refractivity contribution in [3.8, 4) is 0 Å². The number of carboxylic acids is 1. The van der Waals surface area contributed by atoms with Gasteiger partial charge in [-0.05, 0) is 24.7 Å². The third kappa shape index (κ3) is 7.31. The van der Waals surface area contributed by atoms with Gasteiger partial charge in [0.2, 0.25) is 0 Å². The van der Waals surface area contributed by atoms with Crippen LogP contribution in [0, 0.1) is 5.41 Å². The molecule has 0 aliphatic carbocycles. The Hall–Kier alpha value is -1.31. The van der Waals surface area contributed by atoms with Crippen molar-refractivity contribution in [3.63, 3.8) is 0 Å². The molecular formula is C13H24N2O5S. The Balaban J connectivity index is 2.23. The molecule has 1 fully saturated rings. The van der Waals surface area contributed by atoms with E-state index >= 15 is 0 Å². The number of carbonyl (C=O) groups is 2. The minimum absolute atomic E-state index is 0.00449. The highest BCUT2D eigenvalue weighted by molar-refractivity contribution is 7.91. The lowest BCUT2D eigenvalue weighted by Crippen LogP contribution is -2.43. The van der Waals surface area contributed by atoms with E-state index in [2.05, 4.69) is 10.6 Å². The summed E-state index contributed by atoms with van der Waals surface area (Å²) in [5, 5.41) is 14.0. The highest BCUT2D eigenvalue weighted by Gasteiger charge is 2.29. The van der Waals surface area contributed by atoms with Crippen LogP contribution >= 0.6 is 0 Å². The van der Waals surface area contributed by atoms with E-state index in [4.69, 9.17) is 5.11 Å². The highest BCUT2D eigenvalue weighted by atomic mass is 32.2. The quantitative estimate of drug-likeness (QED) is 0.641. The van der Waals surface area contributed by atoms with Gasteiger partial charge in [-0.3, -0.25) is 4.79 Å². The summed E-state index contributed by atoms with van der Waals surface area (Å²) in [5.74, 6) is -0.693. The minimum Gasteiger partial charge on any atom is -0.481 e. The molecule has 0 aromatic rings. The third-order valence-corrected chi connectivity index (χ3v) is 5.44. The second kappa shape index (κ2) is 7.11. The van der Waals surface area contributed by atoms with Crippen LogP contribution in [0.4, 0.5) is 4.79 Å². The van der Waals surface area contributed by atoms with Gasteiger partial charge in [-0.25, -0.2) is 13.2 Å². The van der Waals surface area contributed by atoms with Gasteiger partial charge in [0.25, 0.3) is 0 Å². The molecule has 1 atom stereocenters. The normalized spacial score (nSPS) is 21.0. The van der Waals surface area contributed by atoms with Crippen LogP contribution in [0.3, 0.4) is 0 Å². The molecule has 1 heterocycles. The molecule has 122 valence electrons. The molecule has 1 aliphatic rings. The molecule has 0 radical (unpaired) electrons. The number of rotatable bonds is 7. The predicted molar refractivity (Wildman–Crippen MR) is 78.9 cm³/mol. The molecule has 0 aromatic carbocycles. The Labute approximate surface area is 125 Å².